The first kappa shape index (κ1) is 13.3. The number of hydrogen-bond acceptors (Lipinski definition) is 3. The van der Waals surface area contributed by atoms with Gasteiger partial charge in [-0.15, -0.1) is 0 Å². The van der Waals surface area contributed by atoms with Crippen LogP contribution in [-0.4, -0.2) is 17.6 Å². The summed E-state index contributed by atoms with van der Waals surface area (Å²) in [6.07, 6.45) is 0.533. The molecule has 0 aromatic heterocycles. The van der Waals surface area contributed by atoms with E-state index in [4.69, 9.17) is 22.0 Å². The fourth-order valence-corrected chi connectivity index (χ4v) is 1.57. The van der Waals surface area contributed by atoms with Crippen LogP contribution in [0.5, 0.6) is 0 Å². The molecular weight excluding hydrogens is 240 g/mol. The van der Waals surface area contributed by atoms with Gasteiger partial charge in [0.1, 0.15) is 6.07 Å². The molecule has 0 bridgehead atoms. The van der Waals surface area contributed by atoms with E-state index < -0.39 is 11.9 Å². The molecule has 0 spiro atoms. The number of benzene rings is 1. The van der Waals surface area contributed by atoms with Crippen molar-refractivity contribution in [3.05, 3.63) is 28.8 Å². The lowest BCUT2D eigenvalue weighted by Gasteiger charge is -2.13. The average Bonchev–Trinajstić information content (AvgIpc) is 2.29. The number of halogens is 1. The molecule has 17 heavy (non-hydrogen) atoms. The Morgan fingerprint density at radius 3 is 2.88 bits per heavy atom. The van der Waals surface area contributed by atoms with E-state index >= 15 is 0 Å². The van der Waals surface area contributed by atoms with Gasteiger partial charge in [-0.05, 0) is 24.6 Å². The Labute approximate surface area is 105 Å². The number of anilines is 1. The molecule has 4 nitrogen and oxygen atoms in total. The lowest BCUT2D eigenvalue weighted by atomic mass is 10.1. The molecular formula is C12H13ClN2O2. The van der Waals surface area contributed by atoms with Gasteiger partial charge in [0.05, 0.1) is 17.2 Å². The molecule has 0 fully saturated rings. The van der Waals surface area contributed by atoms with Crippen molar-refractivity contribution in [3.63, 3.8) is 0 Å². The number of aliphatic carboxylic acids is 1. The highest BCUT2D eigenvalue weighted by molar-refractivity contribution is 6.30. The zero-order valence-electron chi connectivity index (χ0n) is 9.40. The number of hydrogen-bond donors (Lipinski definition) is 2. The molecule has 1 aromatic rings. The van der Waals surface area contributed by atoms with Crippen LogP contribution in [0.25, 0.3) is 0 Å². The quantitative estimate of drug-likeness (QED) is 0.845. The van der Waals surface area contributed by atoms with E-state index in [9.17, 15) is 4.79 Å². The fourth-order valence-electron chi connectivity index (χ4n) is 1.40. The minimum atomic E-state index is -0.847. The highest BCUT2D eigenvalue weighted by atomic mass is 35.5. The third-order valence-corrected chi connectivity index (χ3v) is 2.72. The van der Waals surface area contributed by atoms with E-state index in [-0.39, 0.29) is 6.54 Å². The summed E-state index contributed by atoms with van der Waals surface area (Å²) >= 11 is 5.82. The Morgan fingerprint density at radius 2 is 2.35 bits per heavy atom. The molecule has 1 rings (SSSR count). The van der Waals surface area contributed by atoms with Crippen LogP contribution in [0.3, 0.4) is 0 Å². The van der Waals surface area contributed by atoms with Gasteiger partial charge in [-0.1, -0.05) is 18.5 Å². The van der Waals surface area contributed by atoms with Crippen LogP contribution in [-0.2, 0) is 4.79 Å². The van der Waals surface area contributed by atoms with Crippen molar-refractivity contribution in [2.24, 2.45) is 5.92 Å². The lowest BCUT2D eigenvalue weighted by molar-refractivity contribution is -0.141. The second-order valence-electron chi connectivity index (χ2n) is 3.63. The van der Waals surface area contributed by atoms with Crippen LogP contribution in [0.4, 0.5) is 5.69 Å². The highest BCUT2D eigenvalue weighted by Gasteiger charge is 2.15. The maximum absolute atomic E-state index is 10.8. The first-order valence-corrected chi connectivity index (χ1v) is 5.62. The number of nitrogens with zero attached hydrogens (tertiary/aromatic N) is 1. The van der Waals surface area contributed by atoms with Gasteiger partial charge >= 0.3 is 5.97 Å². The molecule has 0 aliphatic heterocycles. The topological polar surface area (TPSA) is 73.1 Å². The largest absolute Gasteiger partial charge is 0.481 e. The van der Waals surface area contributed by atoms with Gasteiger partial charge in [-0.25, -0.2) is 0 Å². The second-order valence-corrected chi connectivity index (χ2v) is 4.06. The molecule has 0 saturated carbocycles. The van der Waals surface area contributed by atoms with E-state index in [0.717, 1.165) is 0 Å². The highest BCUT2D eigenvalue weighted by Crippen LogP contribution is 2.20. The third kappa shape index (κ3) is 3.65. The summed E-state index contributed by atoms with van der Waals surface area (Å²) in [4.78, 5) is 10.8. The fraction of sp³-hybridized carbons (Fsp3) is 0.333. The van der Waals surface area contributed by atoms with Gasteiger partial charge < -0.3 is 10.4 Å². The van der Waals surface area contributed by atoms with Crippen molar-refractivity contribution >= 4 is 23.3 Å². The van der Waals surface area contributed by atoms with Gasteiger partial charge in [0, 0.05) is 11.6 Å². The van der Waals surface area contributed by atoms with Crippen LogP contribution >= 0.6 is 11.6 Å². The number of carboxylic acid groups (broad SMARTS) is 1. The van der Waals surface area contributed by atoms with Crippen LogP contribution < -0.4 is 5.32 Å². The Balaban J connectivity index is 2.78. The Morgan fingerprint density at radius 1 is 1.65 bits per heavy atom. The summed E-state index contributed by atoms with van der Waals surface area (Å²) in [6.45, 7) is 2.09. The van der Waals surface area contributed by atoms with Gasteiger partial charge in [0.25, 0.3) is 0 Å². The predicted molar refractivity (Wildman–Crippen MR) is 66.1 cm³/mol. The lowest BCUT2D eigenvalue weighted by Crippen LogP contribution is -2.22. The molecule has 1 aromatic carbocycles. The second kappa shape index (κ2) is 6.12. The molecule has 1 atom stereocenters. The summed E-state index contributed by atoms with van der Waals surface area (Å²) in [5.41, 5.74) is 1.02. The maximum Gasteiger partial charge on any atom is 0.308 e. The van der Waals surface area contributed by atoms with Crippen LogP contribution in [0.1, 0.15) is 18.9 Å². The van der Waals surface area contributed by atoms with E-state index in [1.807, 2.05) is 13.0 Å². The van der Waals surface area contributed by atoms with Gasteiger partial charge in [-0.3, -0.25) is 4.79 Å². The molecule has 0 amide bonds. The third-order valence-electron chi connectivity index (χ3n) is 2.48. The number of carbonyl (C=O) groups is 1. The van der Waals surface area contributed by atoms with E-state index in [2.05, 4.69) is 5.32 Å². The van der Waals surface area contributed by atoms with Crippen molar-refractivity contribution in [1.82, 2.24) is 0 Å². The molecule has 0 aliphatic rings. The zero-order valence-corrected chi connectivity index (χ0v) is 10.2. The SMILES string of the molecule is CCC(CNc1cc(Cl)ccc1C#N)C(=O)O. The normalized spacial score (nSPS) is 11.6. The maximum atomic E-state index is 10.8. The van der Waals surface area contributed by atoms with Gasteiger partial charge in [0.15, 0.2) is 0 Å². The van der Waals surface area contributed by atoms with Crippen molar-refractivity contribution in [2.75, 3.05) is 11.9 Å². The van der Waals surface area contributed by atoms with Crippen molar-refractivity contribution in [1.29, 1.82) is 5.26 Å². The molecule has 5 heteroatoms. The summed E-state index contributed by atoms with van der Waals surface area (Å²) in [5.74, 6) is -1.32. The first-order valence-electron chi connectivity index (χ1n) is 5.24. The predicted octanol–water partition coefficient (Wildman–Crippen LogP) is 2.73. The summed E-state index contributed by atoms with van der Waals surface area (Å²) in [6, 6.07) is 6.87. The number of rotatable bonds is 5. The minimum Gasteiger partial charge on any atom is -0.481 e. The molecule has 1 unspecified atom stereocenters. The smallest absolute Gasteiger partial charge is 0.308 e. The Kier molecular flexibility index (Phi) is 4.80. The van der Waals surface area contributed by atoms with Crippen molar-refractivity contribution in [3.8, 4) is 6.07 Å². The number of nitriles is 1. The van der Waals surface area contributed by atoms with E-state index in [0.29, 0.717) is 22.7 Å². The van der Waals surface area contributed by atoms with Gasteiger partial charge in [0.2, 0.25) is 0 Å². The molecule has 2 N–H and O–H groups in total. The van der Waals surface area contributed by atoms with Crippen LogP contribution in [0.15, 0.2) is 18.2 Å². The Bertz CT molecular complexity index is 454. The average molecular weight is 253 g/mol. The zero-order chi connectivity index (χ0) is 12.8. The number of nitrogens with one attached hydrogen (secondary N) is 1. The molecule has 0 radical (unpaired) electrons. The monoisotopic (exact) mass is 252 g/mol. The first-order chi connectivity index (χ1) is 8.08. The van der Waals surface area contributed by atoms with Crippen LogP contribution in [0, 0.1) is 17.2 Å². The molecule has 0 aliphatic carbocycles. The standard InChI is InChI=1S/C12H13ClN2O2/c1-2-8(12(16)17)7-15-11-5-10(13)4-3-9(11)6-14/h3-5,8,15H,2,7H2,1H3,(H,16,17). The minimum absolute atomic E-state index is 0.279. The molecule has 90 valence electrons. The number of carboxylic acids is 1. The Hall–Kier alpha value is -1.73. The van der Waals surface area contributed by atoms with Crippen LogP contribution in [0.2, 0.25) is 5.02 Å². The summed E-state index contributed by atoms with van der Waals surface area (Å²) in [7, 11) is 0. The molecule has 0 heterocycles. The van der Waals surface area contributed by atoms with Gasteiger partial charge in [-0.2, -0.15) is 5.26 Å². The summed E-state index contributed by atoms with van der Waals surface area (Å²) in [5, 5.41) is 21.3. The van der Waals surface area contributed by atoms with Crippen molar-refractivity contribution in [2.45, 2.75) is 13.3 Å². The van der Waals surface area contributed by atoms with E-state index in [1.54, 1.807) is 18.2 Å². The van der Waals surface area contributed by atoms with Crippen molar-refractivity contribution < 1.29 is 9.90 Å². The summed E-state index contributed by atoms with van der Waals surface area (Å²) < 4.78 is 0. The molecule has 0 saturated heterocycles. The van der Waals surface area contributed by atoms with E-state index in [1.165, 1.54) is 0 Å².